The molecule has 1 aromatic rings. The van der Waals surface area contributed by atoms with Gasteiger partial charge in [0.1, 0.15) is 18.2 Å². The Labute approximate surface area is 150 Å². The number of fused-ring (bicyclic) bond motifs is 3. The van der Waals surface area contributed by atoms with E-state index in [0.717, 1.165) is 47.2 Å². The fourth-order valence-corrected chi connectivity index (χ4v) is 3.85. The molecule has 1 aromatic heterocycles. The molecule has 1 N–H and O–H groups in total. The molecule has 0 aliphatic carbocycles. The first-order valence-corrected chi connectivity index (χ1v) is 9.60. The van der Waals surface area contributed by atoms with Gasteiger partial charge < -0.3 is 9.67 Å². The van der Waals surface area contributed by atoms with Crippen molar-refractivity contribution in [2.45, 2.75) is 46.1 Å². The predicted molar refractivity (Wildman–Crippen MR) is 98.9 cm³/mol. The monoisotopic (exact) mass is 362 g/mol. The Morgan fingerprint density at radius 1 is 1.24 bits per heavy atom. The van der Waals surface area contributed by atoms with Gasteiger partial charge in [-0.15, -0.1) is 0 Å². The van der Waals surface area contributed by atoms with Crippen LogP contribution in [0.15, 0.2) is 9.98 Å². The number of unbranched alkanes of at least 4 members (excludes halogenated alkanes) is 2. The van der Waals surface area contributed by atoms with Gasteiger partial charge in [-0.05, 0) is 38.5 Å². The van der Waals surface area contributed by atoms with E-state index in [1.54, 1.807) is 0 Å². The average molecular weight is 362 g/mol. The van der Waals surface area contributed by atoms with Crippen molar-refractivity contribution in [2.24, 2.45) is 9.98 Å². The van der Waals surface area contributed by atoms with Crippen LogP contribution in [-0.2, 0) is 16.1 Å². The van der Waals surface area contributed by atoms with Crippen LogP contribution in [0.3, 0.4) is 0 Å². The molecule has 0 radical (unpaired) electrons. The van der Waals surface area contributed by atoms with E-state index in [2.05, 4.69) is 16.5 Å². The zero-order valence-electron chi connectivity index (χ0n) is 14.7. The Bertz CT molecular complexity index is 794. The standard InChI is InChI=1S/C17H22N4O3S/c1-10-11(2)20(8-6-4-5-7-13(23)24)16-14(10)15-18-12(22)9-21(15)17(19-16)25-3/h4-9H2,1-3H3,(H,23,24). The number of carboxylic acids is 1. The first-order valence-electron chi connectivity index (χ1n) is 8.37. The van der Waals surface area contributed by atoms with E-state index >= 15 is 0 Å². The molecule has 3 rings (SSSR count). The second-order valence-electron chi connectivity index (χ2n) is 6.28. The number of thioether (sulfide) groups is 1. The number of nitrogens with zero attached hydrogens (tertiary/aromatic N) is 4. The molecule has 134 valence electrons. The zero-order valence-corrected chi connectivity index (χ0v) is 15.5. The highest BCUT2D eigenvalue weighted by Crippen LogP contribution is 2.37. The molecule has 0 atom stereocenters. The van der Waals surface area contributed by atoms with Gasteiger partial charge in [0.25, 0.3) is 5.91 Å². The summed E-state index contributed by atoms with van der Waals surface area (Å²) in [6.45, 7) is 5.14. The lowest BCUT2D eigenvalue weighted by molar-refractivity contribution is -0.137. The number of hydrogen-bond acceptors (Lipinski definition) is 5. The molecule has 25 heavy (non-hydrogen) atoms. The summed E-state index contributed by atoms with van der Waals surface area (Å²) >= 11 is 1.51. The quantitative estimate of drug-likeness (QED) is 0.786. The van der Waals surface area contributed by atoms with Gasteiger partial charge in [0.05, 0.1) is 5.56 Å². The van der Waals surface area contributed by atoms with Gasteiger partial charge in [-0.1, -0.05) is 18.2 Å². The van der Waals surface area contributed by atoms with E-state index in [1.807, 2.05) is 18.1 Å². The number of carbonyl (C=O) groups is 2. The number of amidine groups is 2. The van der Waals surface area contributed by atoms with Crippen LogP contribution in [0.5, 0.6) is 0 Å². The maximum absolute atomic E-state index is 11.8. The van der Waals surface area contributed by atoms with Gasteiger partial charge in [0, 0.05) is 18.7 Å². The molecule has 0 aromatic carbocycles. The highest BCUT2D eigenvalue weighted by Gasteiger charge is 2.36. The van der Waals surface area contributed by atoms with E-state index in [9.17, 15) is 9.59 Å². The van der Waals surface area contributed by atoms with Gasteiger partial charge in [-0.25, -0.2) is 4.99 Å². The summed E-state index contributed by atoms with van der Waals surface area (Å²) in [6, 6.07) is 0. The van der Waals surface area contributed by atoms with Gasteiger partial charge in [0.15, 0.2) is 5.17 Å². The molecule has 3 heterocycles. The summed E-state index contributed by atoms with van der Waals surface area (Å²) in [5.74, 6) is 0.693. The summed E-state index contributed by atoms with van der Waals surface area (Å²) in [5, 5.41) is 9.52. The van der Waals surface area contributed by atoms with Crippen molar-refractivity contribution in [1.82, 2.24) is 9.47 Å². The van der Waals surface area contributed by atoms with E-state index in [-0.39, 0.29) is 18.9 Å². The largest absolute Gasteiger partial charge is 0.481 e. The lowest BCUT2D eigenvalue weighted by Crippen LogP contribution is -2.36. The van der Waals surface area contributed by atoms with Crippen LogP contribution in [0, 0.1) is 13.8 Å². The highest BCUT2D eigenvalue weighted by atomic mass is 32.2. The molecule has 0 unspecified atom stereocenters. The third-order valence-electron chi connectivity index (χ3n) is 4.69. The van der Waals surface area contributed by atoms with Crippen molar-refractivity contribution >= 4 is 40.5 Å². The smallest absolute Gasteiger partial charge is 0.303 e. The van der Waals surface area contributed by atoms with Crippen LogP contribution in [0.4, 0.5) is 5.82 Å². The Hall–Kier alpha value is -2.09. The summed E-state index contributed by atoms with van der Waals surface area (Å²) in [4.78, 5) is 33.4. The third kappa shape index (κ3) is 3.22. The van der Waals surface area contributed by atoms with Crippen LogP contribution in [0.25, 0.3) is 0 Å². The second-order valence-corrected chi connectivity index (χ2v) is 7.05. The number of carbonyl (C=O) groups excluding carboxylic acids is 1. The summed E-state index contributed by atoms with van der Waals surface area (Å²) in [5.41, 5.74) is 3.17. The molecule has 0 saturated carbocycles. The Kier molecular flexibility index (Phi) is 4.99. The molecule has 8 heteroatoms. The van der Waals surface area contributed by atoms with Crippen molar-refractivity contribution in [1.29, 1.82) is 0 Å². The number of aliphatic carboxylic acids is 1. The maximum Gasteiger partial charge on any atom is 0.303 e. The van der Waals surface area contributed by atoms with Crippen molar-refractivity contribution in [3.05, 3.63) is 16.8 Å². The van der Waals surface area contributed by atoms with Gasteiger partial charge in [0.2, 0.25) is 0 Å². The van der Waals surface area contributed by atoms with Gasteiger partial charge in [-0.2, -0.15) is 4.99 Å². The number of hydrogen-bond donors (Lipinski definition) is 1. The topological polar surface area (TPSA) is 87.3 Å². The third-order valence-corrected chi connectivity index (χ3v) is 5.37. The maximum atomic E-state index is 11.8. The highest BCUT2D eigenvalue weighted by molar-refractivity contribution is 8.13. The van der Waals surface area contributed by atoms with Gasteiger partial charge >= 0.3 is 5.97 Å². The molecule has 7 nitrogen and oxygen atoms in total. The summed E-state index contributed by atoms with van der Waals surface area (Å²) in [7, 11) is 0. The Balaban J connectivity index is 1.88. The normalized spacial score (nSPS) is 15.8. The van der Waals surface area contributed by atoms with Crippen LogP contribution in [0.1, 0.15) is 42.5 Å². The summed E-state index contributed by atoms with van der Waals surface area (Å²) in [6.07, 6.45) is 4.61. The van der Waals surface area contributed by atoms with Crippen LogP contribution in [-0.4, -0.2) is 50.3 Å². The van der Waals surface area contributed by atoms with Gasteiger partial charge in [-0.3, -0.25) is 14.5 Å². The fraction of sp³-hybridized carbons (Fsp3) is 0.529. The Morgan fingerprint density at radius 3 is 2.68 bits per heavy atom. The first kappa shape index (κ1) is 17.7. The number of aromatic nitrogens is 1. The zero-order chi connectivity index (χ0) is 18.1. The van der Waals surface area contributed by atoms with Crippen molar-refractivity contribution in [2.75, 3.05) is 12.8 Å². The second kappa shape index (κ2) is 7.03. The van der Waals surface area contributed by atoms with E-state index < -0.39 is 5.97 Å². The molecule has 0 saturated heterocycles. The lowest BCUT2D eigenvalue weighted by Gasteiger charge is -2.25. The van der Waals surface area contributed by atoms with Crippen molar-refractivity contribution in [3.63, 3.8) is 0 Å². The van der Waals surface area contributed by atoms with Crippen LogP contribution >= 0.6 is 11.8 Å². The first-order chi connectivity index (χ1) is 11.9. The minimum Gasteiger partial charge on any atom is -0.481 e. The SMILES string of the molecule is CSC1=Nc2c(c(C)c(C)n2CCCCCC(=O)O)C2=NC(=O)CN12. The molecule has 1 amide bonds. The molecule has 2 aliphatic heterocycles. The molecular weight excluding hydrogens is 340 g/mol. The van der Waals surface area contributed by atoms with E-state index in [0.29, 0.717) is 12.3 Å². The molecule has 0 bridgehead atoms. The van der Waals surface area contributed by atoms with E-state index in [1.165, 1.54) is 11.8 Å². The minimum atomic E-state index is -0.747. The van der Waals surface area contributed by atoms with E-state index in [4.69, 9.17) is 10.1 Å². The molecule has 2 aliphatic rings. The van der Waals surface area contributed by atoms with Crippen molar-refractivity contribution in [3.8, 4) is 0 Å². The lowest BCUT2D eigenvalue weighted by atomic mass is 10.1. The van der Waals surface area contributed by atoms with Crippen LogP contribution in [0.2, 0.25) is 0 Å². The summed E-state index contributed by atoms with van der Waals surface area (Å²) < 4.78 is 2.17. The number of rotatable bonds is 6. The Morgan fingerprint density at radius 2 is 2.00 bits per heavy atom. The van der Waals surface area contributed by atoms with Crippen LogP contribution < -0.4 is 0 Å². The molecule has 0 fully saturated rings. The fourth-order valence-electron chi connectivity index (χ4n) is 3.31. The minimum absolute atomic E-state index is 0.136. The number of amides is 1. The predicted octanol–water partition coefficient (Wildman–Crippen LogP) is 2.70. The number of carboxylic acid groups (broad SMARTS) is 1. The average Bonchev–Trinajstić information content (AvgIpc) is 3.05. The molecule has 0 spiro atoms. The number of aliphatic imine (C=N–C) groups is 2. The van der Waals surface area contributed by atoms with Crippen molar-refractivity contribution < 1.29 is 14.7 Å². The molecular formula is C17H22N4O3S.